The summed E-state index contributed by atoms with van der Waals surface area (Å²) in [4.78, 5) is 22.8. The maximum atomic E-state index is 13.5. The van der Waals surface area contributed by atoms with Crippen molar-refractivity contribution in [2.24, 2.45) is 5.92 Å². The van der Waals surface area contributed by atoms with Crippen molar-refractivity contribution in [3.05, 3.63) is 18.2 Å². The van der Waals surface area contributed by atoms with Crippen molar-refractivity contribution in [3.63, 3.8) is 0 Å². The van der Waals surface area contributed by atoms with Gasteiger partial charge in [0.1, 0.15) is 11.3 Å². The fourth-order valence-electron chi connectivity index (χ4n) is 4.45. The van der Waals surface area contributed by atoms with Gasteiger partial charge in [-0.3, -0.25) is 14.6 Å². The van der Waals surface area contributed by atoms with Crippen LogP contribution in [0.5, 0.6) is 5.75 Å². The third-order valence-corrected chi connectivity index (χ3v) is 7.13. The molecule has 0 unspecified atom stereocenters. The van der Waals surface area contributed by atoms with Crippen LogP contribution >= 0.6 is 11.3 Å². The number of carbonyl (C=O) groups is 1. The van der Waals surface area contributed by atoms with E-state index in [9.17, 15) is 4.79 Å². The first-order valence-electron chi connectivity index (χ1n) is 11.4. The van der Waals surface area contributed by atoms with Crippen LogP contribution in [0.25, 0.3) is 10.2 Å². The number of aromatic nitrogens is 1. The topological polar surface area (TPSA) is 54.9 Å². The van der Waals surface area contributed by atoms with E-state index in [2.05, 4.69) is 11.0 Å². The van der Waals surface area contributed by atoms with Crippen LogP contribution < -0.4 is 9.64 Å². The molecule has 2 fully saturated rings. The van der Waals surface area contributed by atoms with E-state index in [4.69, 9.17) is 14.5 Å². The van der Waals surface area contributed by atoms with Crippen molar-refractivity contribution in [3.8, 4) is 5.75 Å². The van der Waals surface area contributed by atoms with Gasteiger partial charge in [-0.25, -0.2) is 4.98 Å². The summed E-state index contributed by atoms with van der Waals surface area (Å²) in [5, 5.41) is 0.815. The number of hydrogen-bond donors (Lipinski definition) is 0. The first-order chi connectivity index (χ1) is 14.8. The second-order valence-electron chi connectivity index (χ2n) is 8.16. The molecule has 1 amide bonds. The first kappa shape index (κ1) is 21.5. The van der Waals surface area contributed by atoms with Crippen LogP contribution in [0.3, 0.4) is 0 Å². The van der Waals surface area contributed by atoms with Crippen LogP contribution in [-0.4, -0.2) is 61.8 Å². The Kier molecular flexibility index (Phi) is 7.57. The molecule has 0 radical (unpaired) electrons. The third-order valence-electron chi connectivity index (χ3n) is 6.08. The molecule has 30 heavy (non-hydrogen) atoms. The number of carbonyl (C=O) groups excluding carboxylic acids is 1. The van der Waals surface area contributed by atoms with Crippen molar-refractivity contribution >= 4 is 32.6 Å². The maximum absolute atomic E-state index is 13.5. The minimum Gasteiger partial charge on any atom is -0.492 e. The monoisotopic (exact) mass is 431 g/mol. The minimum atomic E-state index is 0.139. The molecule has 1 saturated carbocycles. The highest BCUT2D eigenvalue weighted by molar-refractivity contribution is 7.22. The second-order valence-corrected chi connectivity index (χ2v) is 9.17. The number of amides is 1. The van der Waals surface area contributed by atoms with Gasteiger partial charge in [0.15, 0.2) is 5.13 Å². The van der Waals surface area contributed by atoms with Gasteiger partial charge >= 0.3 is 0 Å². The van der Waals surface area contributed by atoms with E-state index in [-0.39, 0.29) is 11.8 Å². The van der Waals surface area contributed by atoms with Gasteiger partial charge in [-0.1, -0.05) is 36.7 Å². The number of fused-ring (bicyclic) bond motifs is 1. The van der Waals surface area contributed by atoms with Gasteiger partial charge in [-0.15, -0.1) is 0 Å². The van der Waals surface area contributed by atoms with Gasteiger partial charge in [0.2, 0.25) is 5.91 Å². The summed E-state index contributed by atoms with van der Waals surface area (Å²) in [6.45, 7) is 7.88. The number of benzene rings is 1. The summed E-state index contributed by atoms with van der Waals surface area (Å²) >= 11 is 1.60. The zero-order valence-corrected chi connectivity index (χ0v) is 18.8. The molecule has 2 aromatic rings. The zero-order chi connectivity index (χ0) is 20.8. The van der Waals surface area contributed by atoms with E-state index in [0.717, 1.165) is 92.6 Å². The average Bonchev–Trinajstić information content (AvgIpc) is 3.23. The maximum Gasteiger partial charge on any atom is 0.231 e. The molecular weight excluding hydrogens is 398 g/mol. The highest BCUT2D eigenvalue weighted by atomic mass is 32.1. The Morgan fingerprint density at radius 1 is 1.27 bits per heavy atom. The highest BCUT2D eigenvalue weighted by Crippen LogP contribution is 2.36. The van der Waals surface area contributed by atoms with Crippen LogP contribution in [0.1, 0.15) is 45.4 Å². The zero-order valence-electron chi connectivity index (χ0n) is 18.0. The SMILES string of the molecule is CCOc1cccc2sc(N(CCCN3CCOCC3)C(=O)C3CCCCC3)nc12. The Balaban J connectivity index is 1.53. The van der Waals surface area contributed by atoms with Crippen molar-refractivity contribution in [1.29, 1.82) is 0 Å². The van der Waals surface area contributed by atoms with E-state index in [1.54, 1.807) is 11.3 Å². The quantitative estimate of drug-likeness (QED) is 0.623. The van der Waals surface area contributed by atoms with Gasteiger partial charge in [-0.2, -0.15) is 0 Å². The standard InChI is InChI=1S/C23H33N3O3S/c1-2-29-19-10-6-11-20-21(19)24-23(30-20)26(22(27)18-8-4-3-5-9-18)13-7-12-25-14-16-28-17-15-25/h6,10-11,18H,2-5,7-9,12-17H2,1H3. The summed E-state index contributed by atoms with van der Waals surface area (Å²) in [5.41, 5.74) is 0.869. The molecule has 0 atom stereocenters. The normalized spacial score (nSPS) is 18.6. The fourth-order valence-corrected chi connectivity index (χ4v) is 5.46. The number of ether oxygens (including phenoxy) is 2. The van der Waals surface area contributed by atoms with Crippen molar-refractivity contribution in [2.75, 3.05) is 50.9 Å². The lowest BCUT2D eigenvalue weighted by atomic mass is 9.88. The van der Waals surface area contributed by atoms with Crippen LogP contribution in [-0.2, 0) is 9.53 Å². The average molecular weight is 432 g/mol. The Labute approximate surface area is 183 Å². The number of thiazole rings is 1. The molecule has 0 N–H and O–H groups in total. The molecule has 7 heteroatoms. The number of anilines is 1. The minimum absolute atomic E-state index is 0.139. The fraction of sp³-hybridized carbons (Fsp3) is 0.652. The molecule has 0 bridgehead atoms. The number of rotatable bonds is 8. The predicted octanol–water partition coefficient (Wildman–Crippen LogP) is 4.33. The van der Waals surface area contributed by atoms with Crippen LogP contribution in [0, 0.1) is 5.92 Å². The van der Waals surface area contributed by atoms with Crippen LogP contribution in [0.2, 0.25) is 0 Å². The molecule has 164 valence electrons. The molecule has 1 saturated heterocycles. The molecule has 1 aromatic carbocycles. The third kappa shape index (κ3) is 5.13. The largest absolute Gasteiger partial charge is 0.492 e. The molecule has 6 nitrogen and oxygen atoms in total. The number of nitrogens with zero attached hydrogens (tertiary/aromatic N) is 3. The van der Waals surface area contributed by atoms with E-state index in [1.807, 2.05) is 24.0 Å². The summed E-state index contributed by atoms with van der Waals surface area (Å²) in [5.74, 6) is 1.20. The van der Waals surface area contributed by atoms with Crippen molar-refractivity contribution in [2.45, 2.75) is 45.4 Å². The van der Waals surface area contributed by atoms with Gasteiger partial charge in [0.05, 0.1) is 24.5 Å². The Morgan fingerprint density at radius 3 is 2.83 bits per heavy atom. The van der Waals surface area contributed by atoms with E-state index in [0.29, 0.717) is 6.61 Å². The van der Waals surface area contributed by atoms with Crippen LogP contribution in [0.15, 0.2) is 18.2 Å². The van der Waals surface area contributed by atoms with Crippen molar-refractivity contribution < 1.29 is 14.3 Å². The molecule has 0 spiro atoms. The lowest BCUT2D eigenvalue weighted by molar-refractivity contribution is -0.123. The number of morpholine rings is 1. The molecule has 1 aromatic heterocycles. The molecular formula is C23H33N3O3S. The smallest absolute Gasteiger partial charge is 0.231 e. The number of hydrogen-bond acceptors (Lipinski definition) is 6. The van der Waals surface area contributed by atoms with Gasteiger partial charge < -0.3 is 9.47 Å². The lowest BCUT2D eigenvalue weighted by Gasteiger charge is -2.30. The molecule has 1 aliphatic heterocycles. The Morgan fingerprint density at radius 2 is 2.07 bits per heavy atom. The Hall–Kier alpha value is -1.70. The van der Waals surface area contributed by atoms with Gasteiger partial charge in [-0.05, 0) is 38.3 Å². The van der Waals surface area contributed by atoms with E-state index in [1.165, 1.54) is 6.42 Å². The van der Waals surface area contributed by atoms with Crippen LogP contribution in [0.4, 0.5) is 5.13 Å². The van der Waals surface area contributed by atoms with Gasteiger partial charge in [0, 0.05) is 32.1 Å². The molecule has 2 heterocycles. The van der Waals surface area contributed by atoms with Gasteiger partial charge in [0.25, 0.3) is 0 Å². The van der Waals surface area contributed by atoms with E-state index < -0.39 is 0 Å². The van der Waals surface area contributed by atoms with Crippen molar-refractivity contribution in [1.82, 2.24) is 9.88 Å². The molecule has 4 rings (SSSR count). The first-order valence-corrected chi connectivity index (χ1v) is 12.2. The number of para-hydroxylation sites is 1. The predicted molar refractivity (Wildman–Crippen MR) is 122 cm³/mol. The van der Waals surface area contributed by atoms with E-state index >= 15 is 0 Å². The summed E-state index contributed by atoms with van der Waals surface area (Å²) < 4.78 is 12.3. The lowest BCUT2D eigenvalue weighted by Crippen LogP contribution is -2.41. The summed E-state index contributed by atoms with van der Waals surface area (Å²) in [7, 11) is 0. The highest BCUT2D eigenvalue weighted by Gasteiger charge is 2.29. The summed E-state index contributed by atoms with van der Waals surface area (Å²) in [6.07, 6.45) is 6.53. The second kappa shape index (κ2) is 10.6. The molecule has 2 aliphatic rings. The molecule has 1 aliphatic carbocycles. The summed E-state index contributed by atoms with van der Waals surface area (Å²) in [6, 6.07) is 6.03. The Bertz CT molecular complexity index is 828.